The zero-order chi connectivity index (χ0) is 20.7. The summed E-state index contributed by atoms with van der Waals surface area (Å²) >= 11 is 6.64. The molecule has 0 bridgehead atoms. The monoisotopic (exact) mass is 428 g/mol. The van der Waals surface area contributed by atoms with Gasteiger partial charge in [-0.2, -0.15) is 0 Å². The summed E-state index contributed by atoms with van der Waals surface area (Å²) in [5.41, 5.74) is 0.892. The van der Waals surface area contributed by atoms with Crippen LogP contribution in [0.15, 0.2) is 34.1 Å². The van der Waals surface area contributed by atoms with Gasteiger partial charge in [0.2, 0.25) is 0 Å². The van der Waals surface area contributed by atoms with Gasteiger partial charge in [0.15, 0.2) is 0 Å². The van der Waals surface area contributed by atoms with Crippen molar-refractivity contribution in [2.24, 2.45) is 5.92 Å². The summed E-state index contributed by atoms with van der Waals surface area (Å²) in [5.74, 6) is 1.04. The minimum absolute atomic E-state index is 0.0216. The molecule has 1 amide bonds. The molecule has 2 aliphatic rings. The number of thiocarbonyl (C=S) groups is 1. The normalized spacial score (nSPS) is 21.8. The number of rotatable bonds is 3. The number of aromatic nitrogens is 2. The first kappa shape index (κ1) is 20.1. The highest BCUT2D eigenvalue weighted by molar-refractivity contribution is 8.26. The Morgan fingerprint density at radius 1 is 1.31 bits per heavy atom. The third kappa shape index (κ3) is 3.71. The Bertz CT molecular complexity index is 1080. The molecule has 4 heterocycles. The first-order chi connectivity index (χ1) is 13.9. The van der Waals surface area contributed by atoms with Gasteiger partial charge >= 0.3 is 0 Å². The number of carbonyl (C=O) groups is 1. The van der Waals surface area contributed by atoms with Crippen LogP contribution in [0.5, 0.6) is 0 Å². The summed E-state index contributed by atoms with van der Waals surface area (Å²) in [5, 5.41) is 0. The zero-order valence-electron chi connectivity index (χ0n) is 16.8. The van der Waals surface area contributed by atoms with Gasteiger partial charge < -0.3 is 4.90 Å². The summed E-state index contributed by atoms with van der Waals surface area (Å²) in [7, 11) is 0. The van der Waals surface area contributed by atoms with E-state index in [1.165, 1.54) is 22.6 Å². The van der Waals surface area contributed by atoms with Gasteiger partial charge in [-0.3, -0.25) is 18.9 Å². The second-order valence-corrected chi connectivity index (χ2v) is 9.60. The molecule has 6 nitrogen and oxygen atoms in total. The average Bonchev–Trinajstić information content (AvgIpc) is 2.97. The molecule has 0 spiro atoms. The van der Waals surface area contributed by atoms with E-state index in [4.69, 9.17) is 17.2 Å². The van der Waals surface area contributed by atoms with Crippen LogP contribution < -0.4 is 10.5 Å². The number of carbonyl (C=O) groups excluding carboxylic acids is 1. The van der Waals surface area contributed by atoms with Crippen molar-refractivity contribution in [2.45, 2.75) is 39.7 Å². The van der Waals surface area contributed by atoms with Crippen LogP contribution in [0.4, 0.5) is 5.82 Å². The highest BCUT2D eigenvalue weighted by atomic mass is 32.2. The van der Waals surface area contributed by atoms with Crippen molar-refractivity contribution < 1.29 is 4.79 Å². The molecule has 1 unspecified atom stereocenters. The molecule has 8 heteroatoms. The molecular weight excluding hydrogens is 404 g/mol. The van der Waals surface area contributed by atoms with E-state index in [9.17, 15) is 9.59 Å². The fourth-order valence-corrected chi connectivity index (χ4v) is 5.40. The first-order valence-corrected chi connectivity index (χ1v) is 11.1. The topological polar surface area (TPSA) is 57.9 Å². The van der Waals surface area contributed by atoms with Crippen LogP contribution in [0, 0.1) is 5.92 Å². The van der Waals surface area contributed by atoms with Crippen molar-refractivity contribution in [2.75, 3.05) is 18.0 Å². The Morgan fingerprint density at radius 2 is 2.10 bits per heavy atom. The predicted octanol–water partition coefficient (Wildman–Crippen LogP) is 3.54. The highest BCUT2D eigenvalue weighted by Gasteiger charge is 2.34. The van der Waals surface area contributed by atoms with Crippen LogP contribution >= 0.6 is 24.0 Å². The summed E-state index contributed by atoms with van der Waals surface area (Å²) < 4.78 is 2.06. The SMILES string of the molecule is CC1CCCN(c2nc3ccccn3c(=O)c2C=C2SC(=S)N(C(C)C)C2=O)C1. The maximum Gasteiger partial charge on any atom is 0.267 e. The molecule has 2 fully saturated rings. The summed E-state index contributed by atoms with van der Waals surface area (Å²) in [6.07, 6.45) is 5.63. The summed E-state index contributed by atoms with van der Waals surface area (Å²) in [4.78, 5) is 35.3. The Hall–Kier alpha value is -2.19. The van der Waals surface area contributed by atoms with E-state index in [0.29, 0.717) is 32.2 Å². The van der Waals surface area contributed by atoms with E-state index >= 15 is 0 Å². The van der Waals surface area contributed by atoms with E-state index < -0.39 is 0 Å². The quantitative estimate of drug-likeness (QED) is 0.551. The van der Waals surface area contributed by atoms with E-state index in [0.717, 1.165) is 19.5 Å². The van der Waals surface area contributed by atoms with Gasteiger partial charge in [0.05, 0.1) is 10.5 Å². The maximum atomic E-state index is 13.3. The molecule has 2 aliphatic heterocycles. The fourth-order valence-electron chi connectivity index (χ4n) is 3.90. The van der Waals surface area contributed by atoms with E-state index in [2.05, 4.69) is 11.8 Å². The molecular formula is C21H24N4O2S2. The molecule has 2 aromatic rings. The van der Waals surface area contributed by atoms with Gasteiger partial charge in [0, 0.05) is 25.3 Å². The molecule has 2 aromatic heterocycles. The number of pyridine rings is 1. The third-order valence-electron chi connectivity index (χ3n) is 5.32. The molecule has 2 saturated heterocycles. The fraction of sp³-hybridized carbons (Fsp3) is 0.429. The molecule has 1 atom stereocenters. The molecule has 29 heavy (non-hydrogen) atoms. The molecule has 0 saturated carbocycles. The van der Waals surface area contributed by atoms with Crippen LogP contribution in [0.1, 0.15) is 39.2 Å². The Balaban J connectivity index is 1.88. The number of anilines is 1. The largest absolute Gasteiger partial charge is 0.356 e. The second kappa shape index (κ2) is 7.91. The average molecular weight is 429 g/mol. The molecule has 4 rings (SSSR count). The van der Waals surface area contributed by atoms with Gasteiger partial charge in [-0.25, -0.2) is 4.98 Å². The van der Waals surface area contributed by atoms with E-state index in [1.54, 1.807) is 23.2 Å². The highest BCUT2D eigenvalue weighted by Crippen LogP contribution is 2.35. The van der Waals surface area contributed by atoms with Crippen molar-refractivity contribution in [3.63, 3.8) is 0 Å². The minimum Gasteiger partial charge on any atom is -0.356 e. The van der Waals surface area contributed by atoms with E-state index in [1.807, 2.05) is 26.0 Å². The molecule has 0 aromatic carbocycles. The van der Waals surface area contributed by atoms with Crippen LogP contribution in [0.25, 0.3) is 11.7 Å². The number of nitrogens with zero attached hydrogens (tertiary/aromatic N) is 4. The van der Waals surface area contributed by atoms with Crippen LogP contribution in [-0.2, 0) is 4.79 Å². The van der Waals surface area contributed by atoms with E-state index in [-0.39, 0.29) is 17.5 Å². The smallest absolute Gasteiger partial charge is 0.267 e. The van der Waals surface area contributed by atoms with Crippen molar-refractivity contribution in [3.8, 4) is 0 Å². The zero-order valence-corrected chi connectivity index (χ0v) is 18.4. The van der Waals surface area contributed by atoms with Crippen LogP contribution in [-0.4, -0.2) is 43.6 Å². The molecule has 0 aliphatic carbocycles. The van der Waals surface area contributed by atoms with Crippen LogP contribution in [0.3, 0.4) is 0 Å². The van der Waals surface area contributed by atoms with Gasteiger partial charge in [-0.15, -0.1) is 0 Å². The standard InChI is InChI=1S/C21H24N4O2S2/c1-13(2)25-20(27)16(29-21(25)28)11-15-18(23-9-6-7-14(3)12-23)22-17-8-4-5-10-24(17)19(15)26/h4-5,8,10-11,13-14H,6-7,9,12H2,1-3H3. The minimum atomic E-state index is -0.168. The lowest BCUT2D eigenvalue weighted by molar-refractivity contribution is -0.123. The van der Waals surface area contributed by atoms with Crippen molar-refractivity contribution in [1.29, 1.82) is 0 Å². The summed E-state index contributed by atoms with van der Waals surface area (Å²) in [6.45, 7) is 7.78. The number of hydrogen-bond acceptors (Lipinski definition) is 6. The second-order valence-electron chi connectivity index (χ2n) is 7.92. The predicted molar refractivity (Wildman–Crippen MR) is 122 cm³/mol. The van der Waals surface area contributed by atoms with Gasteiger partial charge in [0.25, 0.3) is 11.5 Å². The molecule has 152 valence electrons. The number of fused-ring (bicyclic) bond motifs is 1. The third-order valence-corrected chi connectivity index (χ3v) is 6.65. The molecule has 0 N–H and O–H groups in total. The Labute approximate surface area is 179 Å². The number of amides is 1. The van der Waals surface area contributed by atoms with Gasteiger partial charge in [-0.1, -0.05) is 37.0 Å². The maximum absolute atomic E-state index is 13.3. The van der Waals surface area contributed by atoms with Crippen molar-refractivity contribution >= 4 is 51.7 Å². The van der Waals surface area contributed by atoms with Crippen molar-refractivity contribution in [3.05, 3.63) is 45.2 Å². The van der Waals surface area contributed by atoms with Crippen LogP contribution in [0.2, 0.25) is 0 Å². The summed E-state index contributed by atoms with van der Waals surface area (Å²) in [6, 6.07) is 5.49. The lowest BCUT2D eigenvalue weighted by Gasteiger charge is -2.32. The number of piperidine rings is 1. The van der Waals surface area contributed by atoms with Gasteiger partial charge in [0.1, 0.15) is 15.8 Å². The number of hydrogen-bond donors (Lipinski definition) is 0. The van der Waals surface area contributed by atoms with Gasteiger partial charge in [-0.05, 0) is 50.8 Å². The Kier molecular flexibility index (Phi) is 5.48. The van der Waals surface area contributed by atoms with Crippen molar-refractivity contribution in [1.82, 2.24) is 14.3 Å². The number of thioether (sulfide) groups is 1. The Morgan fingerprint density at radius 3 is 2.79 bits per heavy atom. The lowest BCUT2D eigenvalue weighted by atomic mass is 10.00. The molecule has 0 radical (unpaired) electrons. The first-order valence-electron chi connectivity index (χ1n) is 9.90. The lowest BCUT2D eigenvalue weighted by Crippen LogP contribution is -2.37.